The van der Waals surface area contributed by atoms with Gasteiger partial charge in [0.2, 0.25) is 5.91 Å². The van der Waals surface area contributed by atoms with Gasteiger partial charge in [0, 0.05) is 17.2 Å². The number of sulfone groups is 1. The van der Waals surface area contributed by atoms with Crippen LogP contribution in [0.3, 0.4) is 0 Å². The molecule has 1 unspecified atom stereocenters. The number of nitrogens with one attached hydrogen (secondary N) is 1. The average Bonchev–Trinajstić information content (AvgIpc) is 2.94. The molecule has 1 atom stereocenters. The van der Waals surface area contributed by atoms with Crippen molar-refractivity contribution in [1.82, 2.24) is 4.98 Å². The lowest BCUT2D eigenvalue weighted by molar-refractivity contribution is -0.115. The maximum atomic E-state index is 11.9. The molecule has 0 aliphatic heterocycles. The van der Waals surface area contributed by atoms with Gasteiger partial charge < -0.3 is 5.32 Å². The summed E-state index contributed by atoms with van der Waals surface area (Å²) in [5, 5.41) is 3.70. The number of thiazole rings is 1. The summed E-state index contributed by atoms with van der Waals surface area (Å²) in [6.07, 6.45) is 1.04. The quantitative estimate of drug-likeness (QED) is 0.896. The van der Waals surface area contributed by atoms with Gasteiger partial charge in [-0.3, -0.25) is 4.79 Å². The first-order valence-corrected chi connectivity index (χ1v) is 10.1. The van der Waals surface area contributed by atoms with Crippen LogP contribution >= 0.6 is 11.3 Å². The van der Waals surface area contributed by atoms with Crippen LogP contribution in [0.2, 0.25) is 0 Å². The van der Waals surface area contributed by atoms with Gasteiger partial charge in [-0.25, -0.2) is 13.4 Å². The molecule has 0 spiro atoms. The molecule has 1 aromatic carbocycles. The van der Waals surface area contributed by atoms with Crippen LogP contribution in [0.5, 0.6) is 0 Å². The maximum absolute atomic E-state index is 11.9. The van der Waals surface area contributed by atoms with Crippen LogP contribution in [0.25, 0.3) is 11.3 Å². The van der Waals surface area contributed by atoms with Gasteiger partial charge >= 0.3 is 0 Å². The molecule has 0 aliphatic carbocycles. The van der Waals surface area contributed by atoms with E-state index in [1.165, 1.54) is 23.8 Å². The summed E-state index contributed by atoms with van der Waals surface area (Å²) >= 11 is 1.27. The third kappa shape index (κ3) is 4.39. The molecular weight excluding hydrogens is 332 g/mol. The molecular formula is C16H20N2O3S2. The fraction of sp³-hybridized carbons (Fsp3) is 0.375. The second-order valence-electron chi connectivity index (χ2n) is 5.78. The Labute approximate surface area is 140 Å². The van der Waals surface area contributed by atoms with Crippen molar-refractivity contribution in [2.24, 2.45) is 0 Å². The third-order valence-corrected chi connectivity index (χ3v) is 5.88. The molecule has 1 N–H and O–H groups in total. The van der Waals surface area contributed by atoms with Crippen LogP contribution < -0.4 is 5.32 Å². The minimum Gasteiger partial charge on any atom is -0.301 e. The zero-order valence-electron chi connectivity index (χ0n) is 13.5. The van der Waals surface area contributed by atoms with Crippen molar-refractivity contribution in [2.75, 3.05) is 11.6 Å². The molecule has 1 heterocycles. The van der Waals surface area contributed by atoms with E-state index in [1.807, 2.05) is 17.5 Å². The summed E-state index contributed by atoms with van der Waals surface area (Å²) in [4.78, 5) is 16.3. The zero-order chi connectivity index (χ0) is 17.2. The Hall–Kier alpha value is -1.73. The molecule has 1 aromatic heterocycles. The summed E-state index contributed by atoms with van der Waals surface area (Å²) in [6.45, 7) is 5.63. The molecule has 5 nitrogen and oxygen atoms in total. The van der Waals surface area contributed by atoms with Crippen molar-refractivity contribution in [3.05, 3.63) is 35.2 Å². The topological polar surface area (TPSA) is 76.1 Å². The number of carbonyl (C=O) groups excluding carboxylic acids is 1. The molecule has 23 heavy (non-hydrogen) atoms. The highest BCUT2D eigenvalue weighted by Gasteiger charge is 2.24. The predicted octanol–water partition coefficient (Wildman–Crippen LogP) is 3.31. The van der Waals surface area contributed by atoms with Crippen LogP contribution in [0.4, 0.5) is 5.13 Å². The summed E-state index contributed by atoms with van der Waals surface area (Å²) in [6, 6.07) is 8.11. The molecule has 0 saturated carbocycles. The van der Waals surface area contributed by atoms with Crippen molar-refractivity contribution in [3.8, 4) is 11.3 Å². The predicted molar refractivity (Wildman–Crippen MR) is 94.6 cm³/mol. The molecule has 1 amide bonds. The Bertz CT molecular complexity index is 793. The second-order valence-corrected chi connectivity index (χ2v) is 9.00. The first kappa shape index (κ1) is 17.6. The van der Waals surface area contributed by atoms with Gasteiger partial charge in [-0.2, -0.15) is 0 Å². The van der Waals surface area contributed by atoms with Gasteiger partial charge in [-0.15, -0.1) is 11.3 Å². The van der Waals surface area contributed by atoms with Crippen molar-refractivity contribution in [3.63, 3.8) is 0 Å². The van der Waals surface area contributed by atoms with Gasteiger partial charge in [0.1, 0.15) is 5.25 Å². The summed E-state index contributed by atoms with van der Waals surface area (Å²) in [5.74, 6) is -0.102. The summed E-state index contributed by atoms with van der Waals surface area (Å²) in [5.41, 5.74) is 2.97. The first-order valence-electron chi connectivity index (χ1n) is 7.24. The molecule has 7 heteroatoms. The number of hydrogen-bond donors (Lipinski definition) is 1. The summed E-state index contributed by atoms with van der Waals surface area (Å²) < 4.78 is 22.8. The van der Waals surface area contributed by atoms with E-state index in [0.29, 0.717) is 11.0 Å². The number of aromatic nitrogens is 1. The number of carbonyl (C=O) groups is 1. The van der Waals surface area contributed by atoms with E-state index in [2.05, 4.69) is 36.3 Å². The Morgan fingerprint density at radius 2 is 1.78 bits per heavy atom. The molecule has 124 valence electrons. The molecule has 2 rings (SSSR count). The van der Waals surface area contributed by atoms with Crippen LogP contribution in [0, 0.1) is 0 Å². The molecule has 2 aromatic rings. The Morgan fingerprint density at radius 3 is 2.30 bits per heavy atom. The lowest BCUT2D eigenvalue weighted by atomic mass is 10.0. The number of amides is 1. The number of rotatable bonds is 5. The minimum atomic E-state index is -3.42. The highest BCUT2D eigenvalue weighted by atomic mass is 32.2. The number of nitrogens with zero attached hydrogens (tertiary/aromatic N) is 1. The highest BCUT2D eigenvalue weighted by molar-refractivity contribution is 7.92. The van der Waals surface area contributed by atoms with Crippen LogP contribution in [0.1, 0.15) is 32.3 Å². The van der Waals surface area contributed by atoms with E-state index >= 15 is 0 Å². The van der Waals surface area contributed by atoms with Crippen molar-refractivity contribution in [2.45, 2.75) is 31.9 Å². The van der Waals surface area contributed by atoms with E-state index in [-0.39, 0.29) is 0 Å². The fourth-order valence-corrected chi connectivity index (χ4v) is 3.07. The normalized spacial score (nSPS) is 13.1. The van der Waals surface area contributed by atoms with E-state index in [0.717, 1.165) is 17.5 Å². The lowest BCUT2D eigenvalue weighted by Gasteiger charge is -2.08. The standard InChI is InChI=1S/C16H20N2O3S2/c1-10(2)12-5-7-13(8-6-12)14-9-22-16(17-14)18-15(19)11(3)23(4,20)21/h5-11H,1-4H3,(H,17,18,19). The smallest absolute Gasteiger partial charge is 0.244 e. The third-order valence-electron chi connectivity index (χ3n) is 3.62. The zero-order valence-corrected chi connectivity index (χ0v) is 15.2. The summed E-state index contributed by atoms with van der Waals surface area (Å²) in [7, 11) is -3.42. The highest BCUT2D eigenvalue weighted by Crippen LogP contribution is 2.26. The van der Waals surface area contributed by atoms with Crippen molar-refractivity contribution in [1.29, 1.82) is 0 Å². The monoisotopic (exact) mass is 352 g/mol. The first-order chi connectivity index (χ1) is 10.7. The lowest BCUT2D eigenvalue weighted by Crippen LogP contribution is -2.31. The Morgan fingerprint density at radius 1 is 1.17 bits per heavy atom. The average molecular weight is 352 g/mol. The van der Waals surface area contributed by atoms with E-state index in [4.69, 9.17) is 0 Å². The van der Waals surface area contributed by atoms with Crippen LogP contribution in [-0.4, -0.2) is 30.8 Å². The Kier molecular flexibility index (Phi) is 5.21. The minimum absolute atomic E-state index is 0.397. The van der Waals surface area contributed by atoms with Gasteiger partial charge in [0.05, 0.1) is 5.69 Å². The van der Waals surface area contributed by atoms with Gasteiger partial charge in [0.15, 0.2) is 15.0 Å². The second kappa shape index (κ2) is 6.80. The fourth-order valence-electron chi connectivity index (χ4n) is 1.90. The number of hydrogen-bond acceptors (Lipinski definition) is 5. The van der Waals surface area contributed by atoms with Crippen molar-refractivity contribution < 1.29 is 13.2 Å². The van der Waals surface area contributed by atoms with Gasteiger partial charge in [-0.05, 0) is 18.4 Å². The Balaban J connectivity index is 2.13. The van der Waals surface area contributed by atoms with Crippen LogP contribution in [-0.2, 0) is 14.6 Å². The SMILES string of the molecule is CC(C)c1ccc(-c2csc(NC(=O)C(C)S(C)(=O)=O)n2)cc1. The molecule has 0 bridgehead atoms. The van der Waals surface area contributed by atoms with Crippen molar-refractivity contribution >= 4 is 32.2 Å². The molecule has 0 fully saturated rings. The molecule has 0 aliphatic rings. The molecule has 0 radical (unpaired) electrons. The van der Waals surface area contributed by atoms with E-state index in [9.17, 15) is 13.2 Å². The van der Waals surface area contributed by atoms with E-state index < -0.39 is 21.0 Å². The van der Waals surface area contributed by atoms with Gasteiger partial charge in [-0.1, -0.05) is 38.1 Å². The largest absolute Gasteiger partial charge is 0.301 e. The molecule has 0 saturated heterocycles. The van der Waals surface area contributed by atoms with Crippen LogP contribution in [0.15, 0.2) is 29.6 Å². The number of anilines is 1. The number of benzene rings is 1. The van der Waals surface area contributed by atoms with Gasteiger partial charge in [0.25, 0.3) is 0 Å². The van der Waals surface area contributed by atoms with E-state index in [1.54, 1.807) is 0 Å². The maximum Gasteiger partial charge on any atom is 0.244 e.